The lowest BCUT2D eigenvalue weighted by Gasteiger charge is -2.02. The summed E-state index contributed by atoms with van der Waals surface area (Å²) in [7, 11) is 0. The number of esters is 1. The van der Waals surface area contributed by atoms with Crippen LogP contribution >= 0.6 is 11.3 Å². The molecule has 0 aliphatic rings. The van der Waals surface area contributed by atoms with E-state index in [1.165, 1.54) is 0 Å². The molecule has 3 nitrogen and oxygen atoms in total. The van der Waals surface area contributed by atoms with E-state index in [1.807, 2.05) is 12.3 Å². The van der Waals surface area contributed by atoms with Gasteiger partial charge in [-0.25, -0.2) is 4.98 Å². The van der Waals surface area contributed by atoms with Crippen LogP contribution in [0.3, 0.4) is 0 Å². The molecule has 0 aliphatic heterocycles. The number of ether oxygens (including phenoxy) is 1. The van der Waals surface area contributed by atoms with Crippen molar-refractivity contribution < 1.29 is 9.53 Å². The summed E-state index contributed by atoms with van der Waals surface area (Å²) >= 11 is 1.62. The molecule has 0 aliphatic carbocycles. The van der Waals surface area contributed by atoms with Gasteiger partial charge in [-0.1, -0.05) is 13.8 Å². The van der Waals surface area contributed by atoms with Crippen molar-refractivity contribution in [2.24, 2.45) is 0 Å². The summed E-state index contributed by atoms with van der Waals surface area (Å²) in [5, 5.41) is 3.05. The normalized spacial score (nSPS) is 12.5. The number of rotatable bonds is 5. The van der Waals surface area contributed by atoms with Gasteiger partial charge >= 0.3 is 5.97 Å². The number of hydrogen-bond acceptors (Lipinski definition) is 4. The van der Waals surface area contributed by atoms with Gasteiger partial charge in [-0.05, 0) is 13.3 Å². The molecule has 1 aromatic heterocycles. The highest BCUT2D eigenvalue weighted by Gasteiger charge is 2.11. The van der Waals surface area contributed by atoms with Crippen LogP contribution in [0.25, 0.3) is 0 Å². The van der Waals surface area contributed by atoms with Gasteiger partial charge in [-0.15, -0.1) is 11.3 Å². The SMILES string of the molecule is CCOC(=O)Cc1csc(C(C)CC)n1. The fourth-order valence-electron chi connectivity index (χ4n) is 1.16. The van der Waals surface area contributed by atoms with E-state index in [0.717, 1.165) is 17.1 Å². The van der Waals surface area contributed by atoms with Crippen molar-refractivity contribution in [3.63, 3.8) is 0 Å². The summed E-state index contributed by atoms with van der Waals surface area (Å²) in [6, 6.07) is 0. The third-order valence-corrected chi connectivity index (χ3v) is 3.36. The quantitative estimate of drug-likeness (QED) is 0.726. The summed E-state index contributed by atoms with van der Waals surface area (Å²) in [5.41, 5.74) is 0.828. The first-order valence-electron chi connectivity index (χ1n) is 5.27. The zero-order valence-electron chi connectivity index (χ0n) is 9.45. The molecule has 0 N–H and O–H groups in total. The number of carbonyl (C=O) groups is 1. The minimum Gasteiger partial charge on any atom is -0.466 e. The molecule has 0 amide bonds. The third kappa shape index (κ3) is 3.63. The topological polar surface area (TPSA) is 39.2 Å². The van der Waals surface area contributed by atoms with Gasteiger partial charge in [0.15, 0.2) is 0 Å². The van der Waals surface area contributed by atoms with Crippen molar-refractivity contribution in [2.45, 2.75) is 39.5 Å². The van der Waals surface area contributed by atoms with Gasteiger partial charge in [0, 0.05) is 11.3 Å². The smallest absolute Gasteiger partial charge is 0.311 e. The Hall–Kier alpha value is -0.900. The molecule has 0 aromatic carbocycles. The fraction of sp³-hybridized carbons (Fsp3) is 0.636. The van der Waals surface area contributed by atoms with E-state index in [4.69, 9.17) is 4.74 Å². The van der Waals surface area contributed by atoms with E-state index in [2.05, 4.69) is 18.8 Å². The van der Waals surface area contributed by atoms with E-state index in [0.29, 0.717) is 18.9 Å². The summed E-state index contributed by atoms with van der Waals surface area (Å²) in [5.74, 6) is 0.282. The molecule has 0 fully saturated rings. The van der Waals surface area contributed by atoms with E-state index in [-0.39, 0.29) is 5.97 Å². The standard InChI is InChI=1S/C11H17NO2S/c1-4-8(3)11-12-9(7-15-11)6-10(13)14-5-2/h7-8H,4-6H2,1-3H3. The van der Waals surface area contributed by atoms with Crippen LogP contribution in [-0.2, 0) is 16.0 Å². The fourth-order valence-corrected chi connectivity index (χ4v) is 2.13. The molecule has 0 saturated heterocycles. The van der Waals surface area contributed by atoms with Gasteiger partial charge in [-0.2, -0.15) is 0 Å². The Balaban J connectivity index is 2.56. The zero-order chi connectivity index (χ0) is 11.3. The Kier molecular flexibility index (Phi) is 4.75. The Morgan fingerprint density at radius 2 is 2.33 bits per heavy atom. The maximum Gasteiger partial charge on any atom is 0.311 e. The molecule has 1 atom stereocenters. The predicted molar refractivity (Wildman–Crippen MR) is 61.2 cm³/mol. The number of nitrogens with zero attached hydrogens (tertiary/aromatic N) is 1. The molecule has 1 rings (SSSR count). The van der Waals surface area contributed by atoms with E-state index in [1.54, 1.807) is 11.3 Å². The lowest BCUT2D eigenvalue weighted by Crippen LogP contribution is -2.07. The number of carbonyl (C=O) groups excluding carboxylic acids is 1. The summed E-state index contributed by atoms with van der Waals surface area (Å²) in [6.45, 7) is 6.52. The van der Waals surface area contributed by atoms with E-state index >= 15 is 0 Å². The van der Waals surface area contributed by atoms with Gasteiger partial charge in [0.05, 0.1) is 23.7 Å². The second kappa shape index (κ2) is 5.85. The molecule has 4 heteroatoms. The molecule has 1 unspecified atom stereocenters. The molecule has 0 bridgehead atoms. The predicted octanol–water partition coefficient (Wildman–Crippen LogP) is 2.76. The molecule has 0 spiro atoms. The van der Waals surface area contributed by atoms with Crippen LogP contribution in [0.15, 0.2) is 5.38 Å². The number of hydrogen-bond donors (Lipinski definition) is 0. The van der Waals surface area contributed by atoms with Crippen LogP contribution in [0.5, 0.6) is 0 Å². The Morgan fingerprint density at radius 3 is 2.93 bits per heavy atom. The molecular weight excluding hydrogens is 210 g/mol. The molecule has 1 heterocycles. The van der Waals surface area contributed by atoms with E-state index in [9.17, 15) is 4.79 Å². The first-order chi connectivity index (χ1) is 7.17. The van der Waals surface area contributed by atoms with Crippen molar-refractivity contribution in [3.05, 3.63) is 16.1 Å². The van der Waals surface area contributed by atoms with Crippen LogP contribution in [0.2, 0.25) is 0 Å². The van der Waals surface area contributed by atoms with Gasteiger partial charge in [0.1, 0.15) is 0 Å². The maximum absolute atomic E-state index is 11.2. The van der Waals surface area contributed by atoms with Gasteiger partial charge in [0.2, 0.25) is 0 Å². The zero-order valence-corrected chi connectivity index (χ0v) is 10.3. The highest BCUT2D eigenvalue weighted by atomic mass is 32.1. The largest absolute Gasteiger partial charge is 0.466 e. The van der Waals surface area contributed by atoms with Gasteiger partial charge in [-0.3, -0.25) is 4.79 Å². The maximum atomic E-state index is 11.2. The minimum atomic E-state index is -0.196. The second-order valence-corrected chi connectivity index (χ2v) is 4.36. The monoisotopic (exact) mass is 227 g/mol. The van der Waals surface area contributed by atoms with Crippen molar-refractivity contribution >= 4 is 17.3 Å². The lowest BCUT2D eigenvalue weighted by atomic mass is 10.1. The second-order valence-electron chi connectivity index (χ2n) is 3.47. The Labute approximate surface area is 94.5 Å². The van der Waals surface area contributed by atoms with Crippen molar-refractivity contribution in [1.29, 1.82) is 0 Å². The average molecular weight is 227 g/mol. The van der Waals surface area contributed by atoms with Gasteiger partial charge in [0.25, 0.3) is 0 Å². The Bertz CT molecular complexity index is 322. The van der Waals surface area contributed by atoms with Crippen molar-refractivity contribution in [1.82, 2.24) is 4.98 Å². The highest BCUT2D eigenvalue weighted by Crippen LogP contribution is 2.22. The van der Waals surface area contributed by atoms with Crippen molar-refractivity contribution in [3.8, 4) is 0 Å². The summed E-state index contributed by atoms with van der Waals surface area (Å²) in [6.07, 6.45) is 1.37. The Morgan fingerprint density at radius 1 is 1.60 bits per heavy atom. The molecular formula is C11H17NO2S. The highest BCUT2D eigenvalue weighted by molar-refractivity contribution is 7.09. The van der Waals surface area contributed by atoms with E-state index < -0.39 is 0 Å². The number of thiazole rings is 1. The van der Waals surface area contributed by atoms with Crippen LogP contribution in [0.4, 0.5) is 0 Å². The molecule has 0 saturated carbocycles. The molecule has 15 heavy (non-hydrogen) atoms. The minimum absolute atomic E-state index is 0.196. The molecule has 84 valence electrons. The lowest BCUT2D eigenvalue weighted by molar-refractivity contribution is -0.142. The van der Waals surface area contributed by atoms with Crippen LogP contribution in [0, 0.1) is 0 Å². The molecule has 0 radical (unpaired) electrons. The van der Waals surface area contributed by atoms with Crippen LogP contribution in [-0.4, -0.2) is 17.6 Å². The third-order valence-electron chi connectivity index (χ3n) is 2.23. The summed E-state index contributed by atoms with van der Waals surface area (Å²) in [4.78, 5) is 15.6. The first kappa shape index (κ1) is 12.2. The number of aromatic nitrogens is 1. The van der Waals surface area contributed by atoms with Crippen molar-refractivity contribution in [2.75, 3.05) is 6.61 Å². The molecule has 1 aromatic rings. The average Bonchev–Trinajstić information content (AvgIpc) is 2.65. The van der Waals surface area contributed by atoms with Crippen LogP contribution < -0.4 is 0 Å². The van der Waals surface area contributed by atoms with Crippen LogP contribution in [0.1, 0.15) is 43.8 Å². The summed E-state index contributed by atoms with van der Waals surface area (Å²) < 4.78 is 4.87. The first-order valence-corrected chi connectivity index (χ1v) is 6.15. The van der Waals surface area contributed by atoms with Gasteiger partial charge < -0.3 is 4.74 Å².